The van der Waals surface area contributed by atoms with Crippen LogP contribution in [0.2, 0.25) is 0 Å². The summed E-state index contributed by atoms with van der Waals surface area (Å²) in [4.78, 5) is 4.83. The third kappa shape index (κ3) is 2.49. The van der Waals surface area contributed by atoms with Crippen LogP contribution < -0.4 is 5.73 Å². The predicted octanol–water partition coefficient (Wildman–Crippen LogP) is 3.56. The van der Waals surface area contributed by atoms with Gasteiger partial charge in [0.15, 0.2) is 0 Å². The van der Waals surface area contributed by atoms with Crippen molar-refractivity contribution in [3.8, 4) is 0 Å². The van der Waals surface area contributed by atoms with Gasteiger partial charge in [-0.15, -0.1) is 0 Å². The summed E-state index contributed by atoms with van der Waals surface area (Å²) in [5.74, 6) is 1.15. The molecule has 104 valence electrons. The van der Waals surface area contributed by atoms with Crippen LogP contribution in [0.5, 0.6) is 0 Å². The van der Waals surface area contributed by atoms with E-state index in [0.717, 1.165) is 36.3 Å². The molecule has 2 N–H and O–H groups in total. The molecule has 0 aliphatic heterocycles. The van der Waals surface area contributed by atoms with Gasteiger partial charge in [0, 0.05) is 19.5 Å². The van der Waals surface area contributed by atoms with Gasteiger partial charge in [-0.2, -0.15) is 11.3 Å². The Balaban J connectivity index is 2.07. The van der Waals surface area contributed by atoms with Gasteiger partial charge >= 0.3 is 0 Å². The monoisotopic (exact) mass is 285 g/mol. The summed E-state index contributed by atoms with van der Waals surface area (Å²) in [6.07, 6.45) is 2.01. The lowest BCUT2D eigenvalue weighted by Gasteiger charge is -2.07. The van der Waals surface area contributed by atoms with E-state index in [1.54, 1.807) is 11.3 Å². The Morgan fingerprint density at radius 1 is 1.25 bits per heavy atom. The lowest BCUT2D eigenvalue weighted by atomic mass is 10.2. The largest absolute Gasteiger partial charge is 0.328 e. The van der Waals surface area contributed by atoms with E-state index >= 15 is 0 Å². The highest BCUT2D eigenvalue weighted by Crippen LogP contribution is 2.21. The fraction of sp³-hybridized carbons (Fsp3) is 0.312. The number of imidazole rings is 1. The second-order valence-electron chi connectivity index (χ2n) is 5.02. The Kier molecular flexibility index (Phi) is 3.85. The molecule has 3 aromatic rings. The first kappa shape index (κ1) is 13.3. The van der Waals surface area contributed by atoms with Crippen molar-refractivity contribution in [1.29, 1.82) is 0 Å². The van der Waals surface area contributed by atoms with Crippen LogP contribution in [0.1, 0.15) is 30.3 Å². The van der Waals surface area contributed by atoms with Crippen molar-refractivity contribution in [3.63, 3.8) is 0 Å². The zero-order chi connectivity index (χ0) is 13.9. The van der Waals surface area contributed by atoms with Gasteiger partial charge in [-0.25, -0.2) is 4.98 Å². The molecule has 0 bridgehead atoms. The van der Waals surface area contributed by atoms with Crippen molar-refractivity contribution in [1.82, 2.24) is 9.55 Å². The van der Waals surface area contributed by atoms with Gasteiger partial charge in [0.05, 0.1) is 11.0 Å². The lowest BCUT2D eigenvalue weighted by Crippen LogP contribution is -2.03. The van der Waals surface area contributed by atoms with E-state index in [0.29, 0.717) is 6.54 Å². The van der Waals surface area contributed by atoms with Gasteiger partial charge in [-0.3, -0.25) is 0 Å². The zero-order valence-corrected chi connectivity index (χ0v) is 12.5. The Labute approximate surface area is 123 Å². The number of hydrogen-bond acceptors (Lipinski definition) is 3. The lowest BCUT2D eigenvalue weighted by molar-refractivity contribution is 0.664. The third-order valence-corrected chi connectivity index (χ3v) is 4.25. The molecule has 0 spiro atoms. The molecule has 0 amide bonds. The average molecular weight is 285 g/mol. The summed E-state index contributed by atoms with van der Waals surface area (Å²) < 4.78 is 2.34. The van der Waals surface area contributed by atoms with Crippen molar-refractivity contribution in [2.75, 3.05) is 0 Å². The standard InChI is InChI=1S/C16H19N3S/c1-2-6-19-15-4-3-12(10-17)8-14(15)18-16(19)9-13-5-7-20-11-13/h3-5,7-8,11H,2,6,9-10,17H2,1H3. The first-order valence-electron chi connectivity index (χ1n) is 7.01. The number of nitrogens with two attached hydrogens (primary N) is 1. The minimum atomic E-state index is 0.566. The van der Waals surface area contributed by atoms with Crippen molar-refractivity contribution < 1.29 is 0 Å². The number of nitrogens with zero attached hydrogens (tertiary/aromatic N) is 2. The molecular weight excluding hydrogens is 266 g/mol. The topological polar surface area (TPSA) is 43.8 Å². The maximum Gasteiger partial charge on any atom is 0.114 e. The van der Waals surface area contributed by atoms with Gasteiger partial charge in [-0.1, -0.05) is 13.0 Å². The van der Waals surface area contributed by atoms with Crippen molar-refractivity contribution in [2.45, 2.75) is 32.9 Å². The van der Waals surface area contributed by atoms with Gasteiger partial charge in [-0.05, 0) is 46.5 Å². The van der Waals surface area contributed by atoms with E-state index < -0.39 is 0 Å². The maximum absolute atomic E-state index is 5.72. The molecule has 2 heterocycles. The van der Waals surface area contributed by atoms with Crippen molar-refractivity contribution >= 4 is 22.4 Å². The van der Waals surface area contributed by atoms with Crippen LogP contribution in [-0.2, 0) is 19.5 Å². The van der Waals surface area contributed by atoms with E-state index in [2.05, 4.69) is 46.5 Å². The minimum Gasteiger partial charge on any atom is -0.328 e. The molecule has 4 heteroatoms. The SMILES string of the molecule is CCCn1c(Cc2ccsc2)nc2cc(CN)ccc21. The Morgan fingerprint density at radius 2 is 2.15 bits per heavy atom. The van der Waals surface area contributed by atoms with E-state index in [1.807, 2.05) is 0 Å². The molecule has 2 aromatic heterocycles. The van der Waals surface area contributed by atoms with Crippen LogP contribution in [0.4, 0.5) is 0 Å². The number of rotatable bonds is 5. The highest BCUT2D eigenvalue weighted by Gasteiger charge is 2.11. The first-order chi connectivity index (χ1) is 9.81. The van der Waals surface area contributed by atoms with Crippen LogP contribution >= 0.6 is 11.3 Å². The molecule has 0 radical (unpaired) electrons. The van der Waals surface area contributed by atoms with Crippen molar-refractivity contribution in [3.05, 3.63) is 52.0 Å². The zero-order valence-electron chi connectivity index (χ0n) is 11.7. The second-order valence-corrected chi connectivity index (χ2v) is 5.80. The fourth-order valence-corrected chi connectivity index (χ4v) is 3.20. The van der Waals surface area contributed by atoms with Crippen LogP contribution in [0, 0.1) is 0 Å². The summed E-state index contributed by atoms with van der Waals surface area (Å²) in [6, 6.07) is 8.53. The van der Waals surface area contributed by atoms with Crippen LogP contribution in [0.25, 0.3) is 11.0 Å². The smallest absolute Gasteiger partial charge is 0.114 e. The van der Waals surface area contributed by atoms with Gasteiger partial charge in [0.2, 0.25) is 0 Å². The Hall–Kier alpha value is -1.65. The summed E-state index contributed by atoms with van der Waals surface area (Å²) in [5, 5.41) is 4.32. The van der Waals surface area contributed by atoms with Crippen LogP contribution in [0.15, 0.2) is 35.0 Å². The molecule has 20 heavy (non-hydrogen) atoms. The number of aryl methyl sites for hydroxylation is 1. The molecule has 3 nitrogen and oxygen atoms in total. The number of fused-ring (bicyclic) bond motifs is 1. The normalized spacial score (nSPS) is 11.3. The molecular formula is C16H19N3S. The molecule has 0 fully saturated rings. The molecule has 0 atom stereocenters. The molecule has 0 saturated heterocycles. The number of benzene rings is 1. The van der Waals surface area contributed by atoms with Crippen molar-refractivity contribution in [2.24, 2.45) is 5.73 Å². The van der Waals surface area contributed by atoms with Crippen LogP contribution in [-0.4, -0.2) is 9.55 Å². The fourth-order valence-electron chi connectivity index (χ4n) is 2.54. The molecule has 0 unspecified atom stereocenters. The summed E-state index contributed by atoms with van der Waals surface area (Å²) in [5.41, 5.74) is 10.5. The van der Waals surface area contributed by atoms with E-state index in [9.17, 15) is 0 Å². The summed E-state index contributed by atoms with van der Waals surface area (Å²) in [6.45, 7) is 3.78. The van der Waals surface area contributed by atoms with Gasteiger partial charge < -0.3 is 10.3 Å². The summed E-state index contributed by atoms with van der Waals surface area (Å²) in [7, 11) is 0. The predicted molar refractivity (Wildman–Crippen MR) is 85.0 cm³/mol. The summed E-state index contributed by atoms with van der Waals surface area (Å²) >= 11 is 1.74. The minimum absolute atomic E-state index is 0.566. The van der Waals surface area contributed by atoms with Gasteiger partial charge in [0.25, 0.3) is 0 Å². The van der Waals surface area contributed by atoms with E-state index in [-0.39, 0.29) is 0 Å². The molecule has 0 saturated carbocycles. The molecule has 3 rings (SSSR count). The van der Waals surface area contributed by atoms with Crippen LogP contribution in [0.3, 0.4) is 0 Å². The molecule has 1 aromatic carbocycles. The Bertz CT molecular complexity index is 698. The number of thiophene rings is 1. The number of aromatic nitrogens is 2. The molecule has 0 aliphatic carbocycles. The highest BCUT2D eigenvalue weighted by atomic mass is 32.1. The van der Waals surface area contributed by atoms with E-state index in [4.69, 9.17) is 10.7 Å². The third-order valence-electron chi connectivity index (χ3n) is 3.52. The quantitative estimate of drug-likeness (QED) is 0.779. The van der Waals surface area contributed by atoms with E-state index in [1.165, 1.54) is 11.1 Å². The first-order valence-corrected chi connectivity index (χ1v) is 7.95. The second kappa shape index (κ2) is 5.77. The highest BCUT2D eigenvalue weighted by molar-refractivity contribution is 7.07. The molecule has 0 aliphatic rings. The van der Waals surface area contributed by atoms with Gasteiger partial charge in [0.1, 0.15) is 5.82 Å². The maximum atomic E-state index is 5.72. The average Bonchev–Trinajstić information content (AvgIpc) is 3.08. The number of hydrogen-bond donors (Lipinski definition) is 1. The Morgan fingerprint density at radius 3 is 2.85 bits per heavy atom.